The third-order valence-electron chi connectivity index (χ3n) is 8.02. The Hall–Kier alpha value is -1.05. The Kier molecular flexibility index (Phi) is 6.50. The highest BCUT2D eigenvalue weighted by molar-refractivity contribution is 6.74. The molecule has 0 amide bonds. The van der Waals surface area contributed by atoms with Crippen molar-refractivity contribution in [3.63, 3.8) is 0 Å². The van der Waals surface area contributed by atoms with E-state index < -0.39 is 14.4 Å². The number of carbonyl (C=O) groups excluding carboxylic acids is 1. The van der Waals surface area contributed by atoms with Gasteiger partial charge in [0.25, 0.3) is 0 Å². The minimum atomic E-state index is -1.96. The molecule has 1 spiro atoms. The summed E-state index contributed by atoms with van der Waals surface area (Å²) in [6.07, 6.45) is 5.08. The van der Waals surface area contributed by atoms with Crippen LogP contribution in [0, 0.1) is 5.92 Å². The van der Waals surface area contributed by atoms with E-state index in [0.29, 0.717) is 25.5 Å². The van der Waals surface area contributed by atoms with Gasteiger partial charge in [-0.2, -0.15) is 5.06 Å². The zero-order valence-corrected chi connectivity index (χ0v) is 20.9. The van der Waals surface area contributed by atoms with Crippen molar-refractivity contribution in [3.05, 3.63) is 35.9 Å². The lowest BCUT2D eigenvalue weighted by Gasteiger charge is -2.55. The maximum Gasteiger partial charge on any atom is 0.192 e. The van der Waals surface area contributed by atoms with Crippen LogP contribution in [0.15, 0.2) is 30.3 Å². The number of benzene rings is 1. The van der Waals surface area contributed by atoms with Gasteiger partial charge in [-0.05, 0) is 36.5 Å². The second-order valence-corrected chi connectivity index (χ2v) is 15.9. The summed E-state index contributed by atoms with van der Waals surface area (Å²) in [5.74, 6) is 0.133. The van der Waals surface area contributed by atoms with Crippen LogP contribution in [-0.4, -0.2) is 50.1 Å². The number of fused-ring (bicyclic) bond motifs is 3. The number of rotatable bonds is 5. The summed E-state index contributed by atoms with van der Waals surface area (Å²) in [5.41, 5.74) is 0.766. The van der Waals surface area contributed by atoms with Gasteiger partial charge in [0.1, 0.15) is 12.1 Å². The van der Waals surface area contributed by atoms with E-state index in [2.05, 4.69) is 46.0 Å². The molecular weight excluding hydrogens is 406 g/mol. The number of ether oxygens (including phenoxy) is 1. The van der Waals surface area contributed by atoms with Crippen molar-refractivity contribution < 1.29 is 18.8 Å². The van der Waals surface area contributed by atoms with Crippen LogP contribution >= 0.6 is 0 Å². The van der Waals surface area contributed by atoms with Gasteiger partial charge in [-0.15, -0.1) is 0 Å². The molecule has 1 aromatic rings. The fourth-order valence-corrected chi connectivity index (χ4v) is 6.08. The number of carbonyl (C=O) groups is 1. The average molecular weight is 446 g/mol. The van der Waals surface area contributed by atoms with E-state index in [1.165, 1.54) is 6.42 Å². The fraction of sp³-hybridized carbons (Fsp3) is 0.720. The molecule has 2 aliphatic heterocycles. The first kappa shape index (κ1) is 23.1. The first-order chi connectivity index (χ1) is 14.6. The third-order valence-corrected chi connectivity index (χ3v) is 12.5. The molecule has 1 saturated carbocycles. The minimum absolute atomic E-state index is 0.115. The van der Waals surface area contributed by atoms with Crippen LogP contribution in [0.25, 0.3) is 0 Å². The van der Waals surface area contributed by atoms with Crippen molar-refractivity contribution >= 4 is 14.1 Å². The van der Waals surface area contributed by atoms with Crippen LogP contribution in [-0.2, 0) is 25.3 Å². The number of Topliss-reactive ketones (excluding diaryl/α,β-unsaturated/α-hetero) is 1. The van der Waals surface area contributed by atoms with E-state index in [0.717, 1.165) is 31.2 Å². The Bertz CT molecular complexity index is 769. The lowest BCUT2D eigenvalue weighted by molar-refractivity contribution is -0.306. The molecule has 0 aromatic heterocycles. The van der Waals surface area contributed by atoms with Gasteiger partial charge in [0.05, 0.1) is 31.3 Å². The van der Waals surface area contributed by atoms with Gasteiger partial charge in [0.2, 0.25) is 0 Å². The second-order valence-electron chi connectivity index (χ2n) is 11.1. The Balaban J connectivity index is 1.59. The number of hydrogen-bond acceptors (Lipinski definition) is 5. The molecular formula is C25H39NO4Si. The summed E-state index contributed by atoms with van der Waals surface area (Å²) < 4.78 is 13.5. The number of ketones is 1. The van der Waals surface area contributed by atoms with E-state index >= 15 is 0 Å². The lowest BCUT2D eigenvalue weighted by Crippen LogP contribution is -2.69. The van der Waals surface area contributed by atoms with E-state index in [4.69, 9.17) is 14.0 Å². The van der Waals surface area contributed by atoms with Gasteiger partial charge < -0.3 is 9.16 Å². The summed E-state index contributed by atoms with van der Waals surface area (Å²) in [6.45, 7) is 12.7. The number of nitrogens with zero attached hydrogens (tertiary/aromatic N) is 1. The molecule has 3 atom stereocenters. The van der Waals surface area contributed by atoms with Gasteiger partial charge in [0, 0.05) is 0 Å². The maximum atomic E-state index is 13.8. The molecule has 5 nitrogen and oxygen atoms in total. The lowest BCUT2D eigenvalue weighted by atomic mass is 9.69. The highest BCUT2D eigenvalue weighted by Crippen LogP contribution is 2.47. The van der Waals surface area contributed by atoms with E-state index in [1.54, 1.807) is 0 Å². The van der Waals surface area contributed by atoms with Crippen molar-refractivity contribution in [3.8, 4) is 0 Å². The number of hydroxylamine groups is 2. The smallest absolute Gasteiger partial charge is 0.192 e. The van der Waals surface area contributed by atoms with Gasteiger partial charge in [-0.1, -0.05) is 70.4 Å². The normalized spacial score (nSPS) is 29.3. The van der Waals surface area contributed by atoms with Crippen molar-refractivity contribution in [1.82, 2.24) is 5.06 Å². The average Bonchev–Trinajstić information content (AvgIpc) is 2.71. The first-order valence-corrected chi connectivity index (χ1v) is 14.8. The van der Waals surface area contributed by atoms with Crippen LogP contribution in [0.2, 0.25) is 18.1 Å². The molecule has 172 valence electrons. The molecule has 2 bridgehead atoms. The Morgan fingerprint density at radius 1 is 1.13 bits per heavy atom. The monoisotopic (exact) mass is 445 g/mol. The zero-order chi connectivity index (χ0) is 22.3. The van der Waals surface area contributed by atoms with Crippen molar-refractivity contribution in [2.45, 2.75) is 95.3 Å². The molecule has 0 unspecified atom stereocenters. The summed E-state index contributed by atoms with van der Waals surface area (Å²) >= 11 is 0. The van der Waals surface area contributed by atoms with Crippen LogP contribution in [0.1, 0.15) is 58.4 Å². The van der Waals surface area contributed by atoms with Gasteiger partial charge >= 0.3 is 0 Å². The molecule has 1 aliphatic carbocycles. The summed E-state index contributed by atoms with van der Waals surface area (Å²) in [7, 11) is -1.96. The van der Waals surface area contributed by atoms with E-state index in [9.17, 15) is 4.79 Å². The molecule has 3 fully saturated rings. The van der Waals surface area contributed by atoms with Crippen molar-refractivity contribution in [1.29, 1.82) is 0 Å². The van der Waals surface area contributed by atoms with Crippen molar-refractivity contribution in [2.75, 3.05) is 13.2 Å². The van der Waals surface area contributed by atoms with E-state index in [-0.39, 0.29) is 22.7 Å². The highest BCUT2D eigenvalue weighted by atomic mass is 28.4. The second kappa shape index (κ2) is 8.71. The standard InChI is InChI=1S/C25H39NO4Si/c1-24(2,3)31(4,5)29-18-21-22-23(27)20(25(30-21)14-10-7-11-15-25)17-28-26(22)16-19-12-8-6-9-13-19/h6,8-9,12-13,20-22H,7,10-11,14-18H2,1-5H3/t20-,21+,22-/m0/s1. The molecule has 31 heavy (non-hydrogen) atoms. The molecule has 3 aliphatic rings. The summed E-state index contributed by atoms with van der Waals surface area (Å²) in [4.78, 5) is 20.0. The molecule has 1 aromatic carbocycles. The Morgan fingerprint density at radius 2 is 1.81 bits per heavy atom. The summed E-state index contributed by atoms with van der Waals surface area (Å²) in [6, 6.07) is 9.80. The molecule has 6 heteroatoms. The van der Waals surface area contributed by atoms with Crippen molar-refractivity contribution in [2.24, 2.45) is 5.92 Å². The van der Waals surface area contributed by atoms with Gasteiger partial charge in [-0.25, -0.2) is 0 Å². The molecule has 2 heterocycles. The maximum absolute atomic E-state index is 13.8. The summed E-state index contributed by atoms with van der Waals surface area (Å²) in [5, 5.41) is 1.98. The Morgan fingerprint density at radius 3 is 2.45 bits per heavy atom. The van der Waals surface area contributed by atoms with Gasteiger partial charge in [-0.3, -0.25) is 9.63 Å². The first-order valence-electron chi connectivity index (χ1n) is 11.9. The molecule has 2 saturated heterocycles. The third kappa shape index (κ3) is 4.55. The Labute approximate surface area is 188 Å². The van der Waals surface area contributed by atoms with Crippen LogP contribution in [0.5, 0.6) is 0 Å². The van der Waals surface area contributed by atoms with Crippen LogP contribution in [0.3, 0.4) is 0 Å². The predicted octanol–water partition coefficient (Wildman–Crippen LogP) is 5.11. The van der Waals surface area contributed by atoms with Crippen LogP contribution < -0.4 is 0 Å². The topological polar surface area (TPSA) is 48.0 Å². The van der Waals surface area contributed by atoms with Gasteiger partial charge in [0.15, 0.2) is 14.1 Å². The zero-order valence-electron chi connectivity index (χ0n) is 19.9. The molecule has 0 radical (unpaired) electrons. The molecule has 0 N–H and O–H groups in total. The van der Waals surface area contributed by atoms with E-state index in [1.807, 2.05) is 23.3 Å². The quantitative estimate of drug-likeness (QED) is 0.589. The number of hydrogen-bond donors (Lipinski definition) is 0. The minimum Gasteiger partial charge on any atom is -0.414 e. The SMILES string of the molecule is CC(C)(C)[Si](C)(C)OC[C@H]1OC2(CCCCC2)[C@H]2CON(Cc3ccccc3)[C@@H]1C2=O. The fourth-order valence-electron chi connectivity index (χ4n) is 5.06. The largest absolute Gasteiger partial charge is 0.414 e. The highest BCUT2D eigenvalue weighted by Gasteiger charge is 2.58. The van der Waals surface area contributed by atoms with Crippen LogP contribution in [0.4, 0.5) is 0 Å². The molecule has 4 rings (SSSR count). The predicted molar refractivity (Wildman–Crippen MR) is 124 cm³/mol.